The summed E-state index contributed by atoms with van der Waals surface area (Å²) in [4.78, 5) is 12.7. The molecule has 13 heavy (non-hydrogen) atoms. The normalized spacial score (nSPS) is 12.8. The molecule has 0 aliphatic carbocycles. The smallest absolute Gasteiger partial charge is 0.222 e. The van der Waals surface area contributed by atoms with Gasteiger partial charge in [-0.3, -0.25) is 9.69 Å². The average Bonchev–Trinajstić information content (AvgIpc) is 2.20. The van der Waals surface area contributed by atoms with E-state index >= 15 is 0 Å². The molecule has 0 aliphatic heterocycles. The van der Waals surface area contributed by atoms with E-state index < -0.39 is 0 Å². The standard InChI is InChI=1S/C11H14NO/c1-3-12(2)11(9-13)10-7-5-4-6-8-10/h4-8,11H,3H2,1-2H3/t11-/m0/s1. The fourth-order valence-corrected chi connectivity index (χ4v) is 1.23. The van der Waals surface area contributed by atoms with Crippen LogP contribution in [-0.2, 0) is 4.79 Å². The van der Waals surface area contributed by atoms with E-state index in [0.29, 0.717) is 0 Å². The Balaban J connectivity index is 2.84. The van der Waals surface area contributed by atoms with Gasteiger partial charge in [-0.25, -0.2) is 0 Å². The van der Waals surface area contributed by atoms with Crippen LogP contribution in [0.4, 0.5) is 0 Å². The monoisotopic (exact) mass is 176 g/mol. The van der Waals surface area contributed by atoms with Gasteiger partial charge in [0.05, 0.1) is 0 Å². The first-order valence-electron chi connectivity index (χ1n) is 4.42. The third-order valence-corrected chi connectivity index (χ3v) is 2.17. The van der Waals surface area contributed by atoms with Gasteiger partial charge in [-0.05, 0) is 19.2 Å². The minimum absolute atomic E-state index is 0.230. The van der Waals surface area contributed by atoms with Crippen molar-refractivity contribution in [3.05, 3.63) is 35.9 Å². The lowest BCUT2D eigenvalue weighted by Crippen LogP contribution is -2.25. The first-order valence-corrected chi connectivity index (χ1v) is 4.42. The second kappa shape index (κ2) is 4.77. The van der Waals surface area contributed by atoms with E-state index in [4.69, 9.17) is 0 Å². The summed E-state index contributed by atoms with van der Waals surface area (Å²) >= 11 is 0. The Kier molecular flexibility index (Phi) is 3.65. The minimum Gasteiger partial charge on any atom is -0.293 e. The third-order valence-electron chi connectivity index (χ3n) is 2.17. The van der Waals surface area contributed by atoms with Crippen LogP contribution in [-0.4, -0.2) is 24.8 Å². The van der Waals surface area contributed by atoms with Crippen molar-refractivity contribution < 1.29 is 4.79 Å². The fraction of sp³-hybridized carbons (Fsp3) is 0.364. The molecule has 1 radical (unpaired) electrons. The zero-order chi connectivity index (χ0) is 9.68. The Morgan fingerprint density at radius 1 is 1.38 bits per heavy atom. The topological polar surface area (TPSA) is 20.3 Å². The van der Waals surface area contributed by atoms with Gasteiger partial charge in [0.1, 0.15) is 6.04 Å². The number of rotatable bonds is 4. The summed E-state index contributed by atoms with van der Waals surface area (Å²) < 4.78 is 0. The third kappa shape index (κ3) is 2.39. The Bertz CT molecular complexity index is 258. The minimum atomic E-state index is -0.230. The summed E-state index contributed by atoms with van der Waals surface area (Å²) in [6.45, 7) is 2.86. The highest BCUT2D eigenvalue weighted by molar-refractivity contribution is 5.62. The average molecular weight is 176 g/mol. The molecular formula is C11H14NO. The number of carbonyl (C=O) groups excluding carboxylic acids is 1. The first kappa shape index (κ1) is 9.93. The molecule has 0 aliphatic rings. The Labute approximate surface area is 79.2 Å². The van der Waals surface area contributed by atoms with Crippen molar-refractivity contribution in [2.75, 3.05) is 13.6 Å². The van der Waals surface area contributed by atoms with E-state index in [1.165, 1.54) is 0 Å². The van der Waals surface area contributed by atoms with E-state index in [2.05, 4.69) is 0 Å². The molecule has 0 unspecified atom stereocenters. The molecule has 69 valence electrons. The van der Waals surface area contributed by atoms with Crippen molar-refractivity contribution >= 4 is 6.29 Å². The zero-order valence-corrected chi connectivity index (χ0v) is 8.03. The number of benzene rings is 1. The molecule has 1 rings (SSSR count). The molecular weight excluding hydrogens is 162 g/mol. The molecule has 0 spiro atoms. The van der Waals surface area contributed by atoms with Gasteiger partial charge < -0.3 is 0 Å². The lowest BCUT2D eigenvalue weighted by atomic mass is 10.1. The van der Waals surface area contributed by atoms with Crippen LogP contribution in [0.2, 0.25) is 0 Å². The van der Waals surface area contributed by atoms with Gasteiger partial charge in [-0.1, -0.05) is 37.3 Å². The van der Waals surface area contributed by atoms with Crippen molar-refractivity contribution in [1.82, 2.24) is 4.90 Å². The Hall–Kier alpha value is -1.15. The van der Waals surface area contributed by atoms with Crippen LogP contribution in [0.25, 0.3) is 0 Å². The fourth-order valence-electron chi connectivity index (χ4n) is 1.23. The first-order chi connectivity index (χ1) is 6.29. The van der Waals surface area contributed by atoms with Gasteiger partial charge in [-0.2, -0.15) is 0 Å². The molecule has 0 fully saturated rings. The lowest BCUT2D eigenvalue weighted by Gasteiger charge is -2.20. The van der Waals surface area contributed by atoms with Crippen LogP contribution >= 0.6 is 0 Å². The molecule has 0 bridgehead atoms. The van der Waals surface area contributed by atoms with Crippen molar-refractivity contribution in [2.45, 2.75) is 13.0 Å². The van der Waals surface area contributed by atoms with Crippen LogP contribution in [0.3, 0.4) is 0 Å². The second-order valence-electron chi connectivity index (χ2n) is 3.00. The van der Waals surface area contributed by atoms with E-state index in [1.54, 1.807) is 0 Å². The van der Waals surface area contributed by atoms with Gasteiger partial charge in [-0.15, -0.1) is 0 Å². The number of hydrogen-bond donors (Lipinski definition) is 0. The van der Waals surface area contributed by atoms with Gasteiger partial charge in [0.25, 0.3) is 0 Å². The predicted molar refractivity (Wildman–Crippen MR) is 53.2 cm³/mol. The maximum atomic E-state index is 10.7. The number of hydrogen-bond acceptors (Lipinski definition) is 2. The highest BCUT2D eigenvalue weighted by Crippen LogP contribution is 2.15. The zero-order valence-electron chi connectivity index (χ0n) is 8.03. The molecule has 1 atom stereocenters. The molecule has 0 heterocycles. The highest BCUT2D eigenvalue weighted by Gasteiger charge is 2.14. The summed E-state index contributed by atoms with van der Waals surface area (Å²) in [6.07, 6.45) is 2.04. The summed E-state index contributed by atoms with van der Waals surface area (Å²) in [5, 5.41) is 0. The predicted octanol–water partition coefficient (Wildman–Crippen LogP) is 1.79. The molecule has 1 aromatic carbocycles. The summed E-state index contributed by atoms with van der Waals surface area (Å²) in [5.41, 5.74) is 1.00. The Morgan fingerprint density at radius 3 is 2.46 bits per heavy atom. The SMILES string of the molecule is CCN(C)[C@@H]([C]=O)c1ccccc1. The van der Waals surface area contributed by atoms with E-state index in [0.717, 1.165) is 12.1 Å². The molecule has 1 aromatic rings. The van der Waals surface area contributed by atoms with Crippen LogP contribution in [0.15, 0.2) is 30.3 Å². The molecule has 2 nitrogen and oxygen atoms in total. The molecule has 0 saturated heterocycles. The van der Waals surface area contributed by atoms with Crippen molar-refractivity contribution in [1.29, 1.82) is 0 Å². The largest absolute Gasteiger partial charge is 0.293 e. The van der Waals surface area contributed by atoms with E-state index in [-0.39, 0.29) is 6.04 Å². The lowest BCUT2D eigenvalue weighted by molar-refractivity contribution is 0.308. The second-order valence-corrected chi connectivity index (χ2v) is 3.00. The number of likely N-dealkylation sites (N-methyl/N-ethyl adjacent to an activating group) is 1. The van der Waals surface area contributed by atoms with Crippen LogP contribution in [0, 0.1) is 0 Å². The maximum Gasteiger partial charge on any atom is 0.222 e. The van der Waals surface area contributed by atoms with E-state index in [9.17, 15) is 4.79 Å². The van der Waals surface area contributed by atoms with Crippen molar-refractivity contribution in [3.8, 4) is 0 Å². The van der Waals surface area contributed by atoms with Gasteiger partial charge in [0, 0.05) is 0 Å². The Morgan fingerprint density at radius 2 is 2.00 bits per heavy atom. The highest BCUT2D eigenvalue weighted by atomic mass is 16.1. The van der Waals surface area contributed by atoms with Gasteiger partial charge in [0.15, 0.2) is 0 Å². The van der Waals surface area contributed by atoms with Crippen LogP contribution in [0.5, 0.6) is 0 Å². The summed E-state index contributed by atoms with van der Waals surface area (Å²) in [7, 11) is 1.92. The number of nitrogens with zero attached hydrogens (tertiary/aromatic N) is 1. The molecule has 0 amide bonds. The molecule has 0 aromatic heterocycles. The summed E-state index contributed by atoms with van der Waals surface area (Å²) in [6, 6.07) is 9.47. The van der Waals surface area contributed by atoms with Crippen LogP contribution in [0.1, 0.15) is 18.5 Å². The maximum absolute atomic E-state index is 10.7. The molecule has 0 saturated carbocycles. The van der Waals surface area contributed by atoms with Crippen molar-refractivity contribution in [2.24, 2.45) is 0 Å². The summed E-state index contributed by atoms with van der Waals surface area (Å²) in [5.74, 6) is 0. The van der Waals surface area contributed by atoms with Crippen LogP contribution < -0.4 is 0 Å². The van der Waals surface area contributed by atoms with Crippen molar-refractivity contribution in [3.63, 3.8) is 0 Å². The van der Waals surface area contributed by atoms with Gasteiger partial charge in [0.2, 0.25) is 6.29 Å². The van der Waals surface area contributed by atoms with Gasteiger partial charge >= 0.3 is 0 Å². The molecule has 0 N–H and O–H groups in total. The van der Waals surface area contributed by atoms with E-state index in [1.807, 2.05) is 55.5 Å². The quantitative estimate of drug-likeness (QED) is 0.697. The molecule has 2 heteroatoms.